The lowest BCUT2D eigenvalue weighted by Gasteiger charge is -2.37. The van der Waals surface area contributed by atoms with Crippen LogP contribution in [0.2, 0.25) is 18.1 Å². The molecule has 5 heteroatoms. The molecule has 0 saturated carbocycles. The molecule has 0 saturated heterocycles. The first-order valence-electron chi connectivity index (χ1n) is 7.45. The van der Waals surface area contributed by atoms with Crippen molar-refractivity contribution in [2.45, 2.75) is 51.7 Å². The Morgan fingerprint density at radius 2 is 1.77 bits per heavy atom. The number of Topliss-reactive ketones (excluding diaryl/α,β-unsaturated/α-hetero) is 1. The quantitative estimate of drug-likeness (QED) is 0.513. The number of ether oxygens (including phenoxy) is 1. The van der Waals surface area contributed by atoms with Crippen LogP contribution in [0.3, 0.4) is 0 Å². The molecule has 1 aromatic rings. The van der Waals surface area contributed by atoms with Crippen molar-refractivity contribution < 1.29 is 19.4 Å². The lowest BCUT2D eigenvalue weighted by molar-refractivity contribution is -0.140. The van der Waals surface area contributed by atoms with E-state index in [1.54, 1.807) is 12.1 Å². The van der Waals surface area contributed by atoms with Gasteiger partial charge in [-0.15, -0.1) is 0 Å². The molecule has 0 radical (unpaired) electrons. The molecule has 0 unspecified atom stereocenters. The van der Waals surface area contributed by atoms with Crippen molar-refractivity contribution in [3.05, 3.63) is 23.8 Å². The maximum atomic E-state index is 12.3. The zero-order valence-corrected chi connectivity index (χ0v) is 15.3. The normalized spacial score (nSPS) is 12.1. The molecular formula is C17H26O4Si. The van der Waals surface area contributed by atoms with Crippen LogP contribution in [0.15, 0.2) is 18.2 Å². The Hall–Kier alpha value is -1.62. The molecule has 0 aliphatic heterocycles. The third kappa shape index (κ3) is 3.77. The number of hydrogen-bond donors (Lipinski definition) is 1. The Morgan fingerprint density at radius 1 is 1.18 bits per heavy atom. The number of carbonyl (C=O) groups excluding carboxylic acids is 2. The van der Waals surface area contributed by atoms with Gasteiger partial charge in [-0.3, -0.25) is 9.59 Å². The summed E-state index contributed by atoms with van der Waals surface area (Å²) in [6.45, 7) is 10.8. The molecule has 1 rings (SSSR count). The van der Waals surface area contributed by atoms with Crippen LogP contribution < -0.4 is 5.19 Å². The number of carbonyl (C=O) groups is 2. The molecule has 0 aromatic heterocycles. The van der Waals surface area contributed by atoms with Crippen LogP contribution in [0.5, 0.6) is 5.75 Å². The van der Waals surface area contributed by atoms with Crippen molar-refractivity contribution in [3.63, 3.8) is 0 Å². The lowest BCUT2D eigenvalue weighted by Crippen LogP contribution is -2.49. The molecule has 0 aliphatic rings. The maximum absolute atomic E-state index is 12.3. The number of ketones is 1. The highest BCUT2D eigenvalue weighted by molar-refractivity contribution is 6.92. The Balaban J connectivity index is 3.14. The van der Waals surface area contributed by atoms with E-state index in [2.05, 4.69) is 38.6 Å². The lowest BCUT2D eigenvalue weighted by atomic mass is 10.1. The van der Waals surface area contributed by atoms with Crippen molar-refractivity contribution >= 4 is 25.0 Å². The molecule has 0 spiro atoms. The summed E-state index contributed by atoms with van der Waals surface area (Å²) < 4.78 is 4.54. The highest BCUT2D eigenvalue weighted by Gasteiger charge is 2.39. The third-order valence-corrected chi connectivity index (χ3v) is 10.2. The number of rotatable bonds is 5. The molecule has 0 aliphatic carbocycles. The average Bonchev–Trinajstić information content (AvgIpc) is 2.43. The van der Waals surface area contributed by atoms with Gasteiger partial charge < -0.3 is 9.84 Å². The molecule has 0 fully saturated rings. The van der Waals surface area contributed by atoms with Crippen LogP contribution >= 0.6 is 0 Å². The molecule has 1 aromatic carbocycles. The molecule has 0 amide bonds. The number of aromatic hydroxyl groups is 1. The van der Waals surface area contributed by atoms with E-state index >= 15 is 0 Å². The third-order valence-electron chi connectivity index (χ3n) is 4.67. The van der Waals surface area contributed by atoms with E-state index in [4.69, 9.17) is 0 Å². The van der Waals surface area contributed by atoms with E-state index in [9.17, 15) is 14.7 Å². The predicted octanol–water partition coefficient (Wildman–Crippen LogP) is 3.24. The zero-order valence-electron chi connectivity index (χ0n) is 14.3. The van der Waals surface area contributed by atoms with Gasteiger partial charge in [0.15, 0.2) is 5.78 Å². The van der Waals surface area contributed by atoms with E-state index in [0.717, 1.165) is 5.19 Å². The predicted molar refractivity (Wildman–Crippen MR) is 90.5 cm³/mol. The van der Waals surface area contributed by atoms with Crippen molar-refractivity contribution in [2.75, 3.05) is 7.11 Å². The van der Waals surface area contributed by atoms with Crippen molar-refractivity contribution in [1.29, 1.82) is 0 Å². The fourth-order valence-corrected chi connectivity index (χ4v) is 4.18. The van der Waals surface area contributed by atoms with Crippen molar-refractivity contribution in [2.24, 2.45) is 0 Å². The summed E-state index contributed by atoms with van der Waals surface area (Å²) in [4.78, 5) is 23.4. The summed E-state index contributed by atoms with van der Waals surface area (Å²) >= 11 is 0. The van der Waals surface area contributed by atoms with Gasteiger partial charge in [-0.25, -0.2) is 0 Å². The molecule has 1 N–H and O–H groups in total. The first-order valence-corrected chi connectivity index (χ1v) is 10.4. The minimum absolute atomic E-state index is 0.0269. The van der Waals surface area contributed by atoms with E-state index < -0.39 is 14.0 Å². The zero-order chi connectivity index (χ0) is 17.1. The van der Waals surface area contributed by atoms with Gasteiger partial charge in [0.05, 0.1) is 27.2 Å². The fraction of sp³-hybridized carbons (Fsp3) is 0.529. The highest BCUT2D eigenvalue weighted by atomic mass is 28.3. The van der Waals surface area contributed by atoms with Gasteiger partial charge in [-0.2, -0.15) is 0 Å². The van der Waals surface area contributed by atoms with Gasteiger partial charge in [0, 0.05) is 6.42 Å². The van der Waals surface area contributed by atoms with Crippen LogP contribution in [0.25, 0.3) is 0 Å². The topological polar surface area (TPSA) is 63.6 Å². The van der Waals surface area contributed by atoms with Gasteiger partial charge in [0.25, 0.3) is 0 Å². The average molecular weight is 322 g/mol. The van der Waals surface area contributed by atoms with E-state index in [0.29, 0.717) is 5.56 Å². The summed E-state index contributed by atoms with van der Waals surface area (Å²) in [5.74, 6) is -0.583. The molecule has 122 valence electrons. The van der Waals surface area contributed by atoms with Gasteiger partial charge >= 0.3 is 5.97 Å². The minimum atomic E-state index is -1.95. The number of phenolic OH excluding ortho intramolecular Hbond substituents is 1. The molecule has 0 bridgehead atoms. The van der Waals surface area contributed by atoms with Crippen LogP contribution in [0, 0.1) is 0 Å². The van der Waals surface area contributed by atoms with E-state index in [1.165, 1.54) is 7.11 Å². The number of esters is 1. The van der Waals surface area contributed by atoms with Crippen LogP contribution in [0.1, 0.15) is 44.0 Å². The molecule has 22 heavy (non-hydrogen) atoms. The smallest absolute Gasteiger partial charge is 0.305 e. The summed E-state index contributed by atoms with van der Waals surface area (Å²) in [7, 11) is -0.654. The minimum Gasteiger partial charge on any atom is -0.507 e. The standard InChI is InChI=1S/C17H26O4Si/c1-17(2,3)22(5,6)14-9-7-8-12(16(14)20)13(18)10-11-15(19)21-4/h7-9,20H,10-11H2,1-6H3. The van der Waals surface area contributed by atoms with Crippen LogP contribution in [0.4, 0.5) is 0 Å². The largest absolute Gasteiger partial charge is 0.507 e. The van der Waals surface area contributed by atoms with Gasteiger partial charge in [0.2, 0.25) is 0 Å². The second kappa shape index (κ2) is 6.65. The van der Waals surface area contributed by atoms with Crippen LogP contribution in [-0.2, 0) is 9.53 Å². The summed E-state index contributed by atoms with van der Waals surface area (Å²) in [5, 5.41) is 11.5. The Morgan fingerprint density at radius 3 is 2.27 bits per heavy atom. The Kier molecular flexibility index (Phi) is 5.57. The fourth-order valence-electron chi connectivity index (χ4n) is 2.13. The van der Waals surface area contributed by atoms with Crippen LogP contribution in [-0.4, -0.2) is 32.0 Å². The van der Waals surface area contributed by atoms with E-state index in [-0.39, 0.29) is 29.4 Å². The van der Waals surface area contributed by atoms with Gasteiger partial charge in [-0.1, -0.05) is 46.0 Å². The SMILES string of the molecule is COC(=O)CCC(=O)c1cccc([Si](C)(C)C(C)(C)C)c1O. The monoisotopic (exact) mass is 322 g/mol. The number of benzene rings is 1. The van der Waals surface area contributed by atoms with Crippen molar-refractivity contribution in [1.82, 2.24) is 0 Å². The molecule has 4 nitrogen and oxygen atoms in total. The van der Waals surface area contributed by atoms with E-state index in [1.807, 2.05) is 6.07 Å². The summed E-state index contributed by atoms with van der Waals surface area (Å²) in [6.07, 6.45) is 0.0697. The maximum Gasteiger partial charge on any atom is 0.305 e. The molecule has 0 atom stereocenters. The number of methoxy groups -OCH3 is 1. The number of para-hydroxylation sites is 1. The number of phenols is 1. The first-order chi connectivity index (χ1) is 10.0. The molecular weight excluding hydrogens is 296 g/mol. The van der Waals surface area contributed by atoms with Gasteiger partial charge in [-0.05, 0) is 16.3 Å². The summed E-state index contributed by atoms with van der Waals surface area (Å²) in [6, 6.07) is 5.33. The first kappa shape index (κ1) is 18.4. The van der Waals surface area contributed by atoms with Crippen molar-refractivity contribution in [3.8, 4) is 5.75 Å². The second-order valence-electron chi connectivity index (χ2n) is 7.08. The molecule has 0 heterocycles. The number of hydrogen-bond acceptors (Lipinski definition) is 4. The van der Waals surface area contributed by atoms with Gasteiger partial charge in [0.1, 0.15) is 5.75 Å². The summed E-state index contributed by atoms with van der Waals surface area (Å²) in [5.41, 5.74) is 0.297. The Bertz CT molecular complexity index is 571. The Labute approximate surface area is 133 Å². The second-order valence-corrected chi connectivity index (χ2v) is 12.4. The highest BCUT2D eigenvalue weighted by Crippen LogP contribution is 2.37.